The van der Waals surface area contributed by atoms with Gasteiger partial charge in [0.2, 0.25) is 5.91 Å². The highest BCUT2D eigenvalue weighted by Crippen LogP contribution is 2.21. The first kappa shape index (κ1) is 17.6. The zero-order chi connectivity index (χ0) is 17.5. The molecule has 1 amide bonds. The van der Waals surface area contributed by atoms with Crippen LogP contribution in [0.4, 0.5) is 5.13 Å². The van der Waals surface area contributed by atoms with Crippen molar-refractivity contribution in [1.29, 1.82) is 0 Å². The van der Waals surface area contributed by atoms with E-state index in [2.05, 4.69) is 20.4 Å². The second-order valence-corrected chi connectivity index (χ2v) is 6.75. The van der Waals surface area contributed by atoms with Crippen LogP contribution in [0.25, 0.3) is 0 Å². The molecule has 2 aromatic rings. The fourth-order valence-corrected chi connectivity index (χ4v) is 3.42. The molecule has 0 radical (unpaired) electrons. The molecule has 0 spiro atoms. The summed E-state index contributed by atoms with van der Waals surface area (Å²) in [7, 11) is 0. The molecule has 2 heterocycles. The number of ether oxygens (including phenoxy) is 1. The van der Waals surface area contributed by atoms with Crippen LogP contribution in [-0.4, -0.2) is 43.4 Å². The van der Waals surface area contributed by atoms with E-state index in [-0.39, 0.29) is 18.2 Å². The molecule has 0 saturated carbocycles. The molecular formula is C18H22N4O2S. The Kier molecular flexibility index (Phi) is 6.14. The summed E-state index contributed by atoms with van der Waals surface area (Å²) in [5.41, 5.74) is 4.52. The van der Waals surface area contributed by atoms with Crippen molar-refractivity contribution in [3.63, 3.8) is 0 Å². The molecular weight excluding hydrogens is 336 g/mol. The van der Waals surface area contributed by atoms with E-state index < -0.39 is 0 Å². The van der Waals surface area contributed by atoms with Gasteiger partial charge < -0.3 is 9.64 Å². The number of hydrazone groups is 1. The van der Waals surface area contributed by atoms with Crippen LogP contribution in [0.5, 0.6) is 0 Å². The highest BCUT2D eigenvalue weighted by Gasteiger charge is 2.15. The molecule has 1 aliphatic heterocycles. The molecule has 0 unspecified atom stereocenters. The number of aromatic nitrogens is 1. The minimum atomic E-state index is -0.157. The average Bonchev–Trinajstić information content (AvgIpc) is 3.11. The maximum atomic E-state index is 12.0. The number of carbonyl (C=O) groups is 1. The molecule has 1 fully saturated rings. The van der Waals surface area contributed by atoms with Crippen LogP contribution >= 0.6 is 11.3 Å². The van der Waals surface area contributed by atoms with Gasteiger partial charge in [-0.3, -0.25) is 4.79 Å². The monoisotopic (exact) mass is 358 g/mol. The van der Waals surface area contributed by atoms with Crippen molar-refractivity contribution >= 4 is 28.6 Å². The molecule has 1 aromatic heterocycles. The number of amides is 1. The predicted octanol–water partition coefficient (Wildman–Crippen LogP) is 2.43. The van der Waals surface area contributed by atoms with Crippen LogP contribution in [0.15, 0.2) is 40.8 Å². The largest absolute Gasteiger partial charge is 0.378 e. The standard InChI is InChI=1S/C18H22N4O2S/c1-14(15-5-3-2-4-6-15)12-19-21-17(23)11-16-13-25-18(20-16)22-7-9-24-10-8-22/h2-6,12-14H,7-11H2,1H3,(H,21,23)/b19-12-/t14-/m1/s1. The normalized spacial score (nSPS) is 16.1. The summed E-state index contributed by atoms with van der Waals surface area (Å²) in [5.74, 6) is -0.0102. The molecule has 1 aliphatic rings. The first-order valence-corrected chi connectivity index (χ1v) is 9.24. The molecule has 0 bridgehead atoms. The lowest BCUT2D eigenvalue weighted by Crippen LogP contribution is -2.36. The summed E-state index contributed by atoms with van der Waals surface area (Å²) in [5, 5.41) is 6.95. The molecule has 132 valence electrons. The van der Waals surface area contributed by atoms with Gasteiger partial charge in [0.1, 0.15) is 0 Å². The highest BCUT2D eigenvalue weighted by atomic mass is 32.1. The van der Waals surface area contributed by atoms with Gasteiger partial charge in [-0.2, -0.15) is 5.10 Å². The van der Waals surface area contributed by atoms with E-state index in [0.717, 1.165) is 42.7 Å². The lowest BCUT2D eigenvalue weighted by atomic mass is 10.0. The van der Waals surface area contributed by atoms with E-state index in [0.29, 0.717) is 0 Å². The Balaban J connectivity index is 1.47. The van der Waals surface area contributed by atoms with Crippen LogP contribution < -0.4 is 10.3 Å². The SMILES string of the molecule is C[C@H](/C=N\NC(=O)Cc1csc(N2CCOCC2)n1)c1ccccc1. The zero-order valence-electron chi connectivity index (χ0n) is 14.2. The Morgan fingerprint density at radius 3 is 2.92 bits per heavy atom. The third kappa shape index (κ3) is 5.11. The number of hydrogen-bond donors (Lipinski definition) is 1. The van der Waals surface area contributed by atoms with E-state index in [4.69, 9.17) is 4.74 Å². The molecule has 25 heavy (non-hydrogen) atoms. The first-order chi connectivity index (χ1) is 12.2. The van der Waals surface area contributed by atoms with Crippen molar-refractivity contribution in [3.8, 4) is 0 Å². The average molecular weight is 358 g/mol. The molecule has 1 atom stereocenters. The molecule has 1 saturated heterocycles. The van der Waals surface area contributed by atoms with Crippen LogP contribution in [0.1, 0.15) is 24.1 Å². The van der Waals surface area contributed by atoms with Crippen molar-refractivity contribution in [1.82, 2.24) is 10.4 Å². The van der Waals surface area contributed by atoms with Crippen LogP contribution in [0.2, 0.25) is 0 Å². The highest BCUT2D eigenvalue weighted by molar-refractivity contribution is 7.13. The summed E-state index contributed by atoms with van der Waals surface area (Å²) in [6.45, 7) is 5.19. The summed E-state index contributed by atoms with van der Waals surface area (Å²) < 4.78 is 5.34. The molecule has 1 aromatic carbocycles. The second kappa shape index (κ2) is 8.73. The van der Waals surface area contributed by atoms with Crippen molar-refractivity contribution < 1.29 is 9.53 Å². The number of anilines is 1. The molecule has 3 rings (SSSR count). The lowest BCUT2D eigenvalue weighted by Gasteiger charge is -2.26. The van der Waals surface area contributed by atoms with Gasteiger partial charge in [-0.1, -0.05) is 37.3 Å². The van der Waals surface area contributed by atoms with Crippen LogP contribution in [0, 0.1) is 0 Å². The van der Waals surface area contributed by atoms with Gasteiger partial charge in [-0.05, 0) is 5.56 Å². The lowest BCUT2D eigenvalue weighted by molar-refractivity contribution is -0.120. The minimum absolute atomic E-state index is 0.147. The second-order valence-electron chi connectivity index (χ2n) is 5.91. The quantitative estimate of drug-likeness (QED) is 0.636. The van der Waals surface area contributed by atoms with E-state index in [1.165, 1.54) is 0 Å². The van der Waals surface area contributed by atoms with E-state index in [1.807, 2.05) is 42.6 Å². The summed E-state index contributed by atoms with van der Waals surface area (Å²) in [6.07, 6.45) is 1.98. The Bertz CT molecular complexity index is 711. The third-order valence-electron chi connectivity index (χ3n) is 3.98. The maximum Gasteiger partial charge on any atom is 0.246 e. The van der Waals surface area contributed by atoms with Gasteiger partial charge in [0, 0.05) is 30.6 Å². The fraction of sp³-hybridized carbons (Fsp3) is 0.389. The first-order valence-electron chi connectivity index (χ1n) is 8.36. The van der Waals surface area contributed by atoms with E-state index in [9.17, 15) is 4.79 Å². The van der Waals surface area contributed by atoms with Crippen molar-refractivity contribution in [2.45, 2.75) is 19.3 Å². The number of morpholine rings is 1. The van der Waals surface area contributed by atoms with Gasteiger partial charge in [0.25, 0.3) is 0 Å². The Hall–Kier alpha value is -2.25. The molecule has 0 aliphatic carbocycles. The number of hydrogen-bond acceptors (Lipinski definition) is 6. The molecule has 7 heteroatoms. The van der Waals surface area contributed by atoms with Gasteiger partial charge in [0.15, 0.2) is 5.13 Å². The third-order valence-corrected chi connectivity index (χ3v) is 4.93. The van der Waals surface area contributed by atoms with Crippen LogP contribution in [-0.2, 0) is 16.0 Å². The predicted molar refractivity (Wildman–Crippen MR) is 100 cm³/mol. The summed E-state index contributed by atoms with van der Waals surface area (Å²) >= 11 is 1.56. The van der Waals surface area contributed by atoms with Crippen molar-refractivity contribution in [3.05, 3.63) is 47.0 Å². The maximum absolute atomic E-state index is 12.0. The number of nitrogens with one attached hydrogen (secondary N) is 1. The number of carbonyl (C=O) groups excluding carboxylic acids is 1. The van der Waals surface area contributed by atoms with Gasteiger partial charge in [-0.15, -0.1) is 11.3 Å². The topological polar surface area (TPSA) is 66.8 Å². The van der Waals surface area contributed by atoms with Gasteiger partial charge >= 0.3 is 0 Å². The smallest absolute Gasteiger partial charge is 0.246 e. The number of benzene rings is 1. The summed E-state index contributed by atoms with van der Waals surface area (Å²) in [4.78, 5) is 18.8. The molecule has 1 N–H and O–H groups in total. The zero-order valence-corrected chi connectivity index (χ0v) is 15.0. The fourth-order valence-electron chi connectivity index (χ4n) is 2.55. The minimum Gasteiger partial charge on any atom is -0.378 e. The summed E-state index contributed by atoms with van der Waals surface area (Å²) in [6, 6.07) is 10.1. The van der Waals surface area contributed by atoms with Gasteiger partial charge in [-0.25, -0.2) is 10.4 Å². The Morgan fingerprint density at radius 1 is 1.40 bits per heavy atom. The van der Waals surface area contributed by atoms with E-state index >= 15 is 0 Å². The van der Waals surface area contributed by atoms with Crippen LogP contribution in [0.3, 0.4) is 0 Å². The van der Waals surface area contributed by atoms with Crippen molar-refractivity contribution in [2.24, 2.45) is 5.10 Å². The van der Waals surface area contributed by atoms with Gasteiger partial charge in [0.05, 0.1) is 25.3 Å². The number of nitrogens with zero attached hydrogens (tertiary/aromatic N) is 3. The van der Waals surface area contributed by atoms with Crippen molar-refractivity contribution in [2.75, 3.05) is 31.2 Å². The Morgan fingerprint density at radius 2 is 2.16 bits per heavy atom. The van der Waals surface area contributed by atoms with E-state index in [1.54, 1.807) is 17.6 Å². The Labute approximate surface area is 151 Å². The molecule has 6 nitrogen and oxygen atoms in total. The number of rotatable bonds is 6. The number of thiazole rings is 1.